The average molecular weight is 353 g/mol. The van der Waals surface area contributed by atoms with Crippen molar-refractivity contribution < 1.29 is 13.9 Å². The molecule has 0 radical (unpaired) electrons. The second kappa shape index (κ2) is 7.82. The number of benzene rings is 2. The summed E-state index contributed by atoms with van der Waals surface area (Å²) in [4.78, 5) is 4.30. The largest absolute Gasteiger partial charge is 0.483 e. The van der Waals surface area contributed by atoms with Crippen LogP contribution in [-0.4, -0.2) is 22.8 Å². The lowest BCUT2D eigenvalue weighted by molar-refractivity contribution is 0.344. The fourth-order valence-corrected chi connectivity index (χ4v) is 2.40. The van der Waals surface area contributed by atoms with E-state index < -0.39 is 0 Å². The molecule has 0 atom stereocenters. The minimum Gasteiger partial charge on any atom is -0.483 e. The van der Waals surface area contributed by atoms with Crippen LogP contribution < -0.4 is 4.74 Å². The maximum atomic E-state index is 13.0. The number of aromatic nitrogens is 2. The molecule has 1 heterocycles. The Kier molecular flexibility index (Phi) is 5.31. The van der Waals surface area contributed by atoms with Gasteiger partial charge in [-0.25, -0.2) is 14.1 Å². The summed E-state index contributed by atoms with van der Waals surface area (Å²) in [6, 6.07) is 11.7. The third kappa shape index (κ3) is 4.08. The maximum Gasteiger partial charge on any atom is 0.238 e. The Labute approximate surface area is 151 Å². The van der Waals surface area contributed by atoms with E-state index in [1.165, 1.54) is 18.5 Å². The van der Waals surface area contributed by atoms with Crippen molar-refractivity contribution >= 4 is 12.1 Å². The summed E-state index contributed by atoms with van der Waals surface area (Å²) < 4.78 is 25.7. The van der Waals surface area contributed by atoms with Crippen LogP contribution in [-0.2, 0) is 4.74 Å². The van der Waals surface area contributed by atoms with Crippen LogP contribution in [0.15, 0.2) is 53.7 Å². The van der Waals surface area contributed by atoms with Crippen molar-refractivity contribution in [3.63, 3.8) is 0 Å². The Hall–Kier alpha value is -3.15. The molecule has 134 valence electrons. The van der Waals surface area contributed by atoms with Gasteiger partial charge in [0.2, 0.25) is 5.88 Å². The number of hydrogen-bond donors (Lipinski definition) is 0. The van der Waals surface area contributed by atoms with E-state index in [9.17, 15) is 4.39 Å². The van der Waals surface area contributed by atoms with E-state index >= 15 is 0 Å². The maximum absolute atomic E-state index is 13.0. The first-order chi connectivity index (χ1) is 12.6. The molecule has 0 bridgehead atoms. The zero-order chi connectivity index (χ0) is 18.5. The molecule has 0 aliphatic heterocycles. The summed E-state index contributed by atoms with van der Waals surface area (Å²) in [5, 5.41) is 4.38. The number of aryl methyl sites for hydroxylation is 2. The van der Waals surface area contributed by atoms with Crippen molar-refractivity contribution in [1.29, 1.82) is 0 Å². The van der Waals surface area contributed by atoms with Gasteiger partial charge < -0.3 is 9.47 Å². The Bertz CT molecular complexity index is 917. The number of aliphatic imine (C=N–C) groups is 1. The molecule has 0 fully saturated rings. The minimum absolute atomic E-state index is 0.282. The molecule has 2 aromatic carbocycles. The molecule has 1 aromatic heterocycles. The van der Waals surface area contributed by atoms with E-state index in [1.807, 2.05) is 32.9 Å². The molecular formula is C20H20FN3O2. The standard InChI is InChI=1S/C20H20FN3O2/c1-4-25-13-22-18-11-15(3)19(12-14(18)2)26-20-9-10-24(23-20)17-7-5-16(21)6-8-17/h5-13H,4H2,1-3H3/b22-13+. The van der Waals surface area contributed by atoms with Crippen molar-refractivity contribution in [3.8, 4) is 17.3 Å². The molecule has 5 nitrogen and oxygen atoms in total. The lowest BCUT2D eigenvalue weighted by Gasteiger charge is -2.09. The van der Waals surface area contributed by atoms with Gasteiger partial charge in [-0.05, 0) is 68.3 Å². The van der Waals surface area contributed by atoms with Crippen LogP contribution in [0.5, 0.6) is 11.6 Å². The Balaban J connectivity index is 1.79. The fraction of sp³-hybridized carbons (Fsp3) is 0.200. The molecule has 3 aromatic rings. The molecule has 0 saturated carbocycles. The third-order valence-electron chi connectivity index (χ3n) is 3.80. The third-order valence-corrected chi connectivity index (χ3v) is 3.80. The molecule has 6 heteroatoms. The van der Waals surface area contributed by atoms with Crippen molar-refractivity contribution in [2.45, 2.75) is 20.8 Å². The first kappa shape index (κ1) is 17.7. The zero-order valence-corrected chi connectivity index (χ0v) is 14.9. The van der Waals surface area contributed by atoms with E-state index in [1.54, 1.807) is 29.1 Å². The highest BCUT2D eigenvalue weighted by molar-refractivity contribution is 5.61. The molecule has 0 amide bonds. The lowest BCUT2D eigenvalue weighted by Crippen LogP contribution is -1.96. The molecule has 0 spiro atoms. The van der Waals surface area contributed by atoms with E-state index in [2.05, 4.69) is 10.1 Å². The number of ether oxygens (including phenoxy) is 2. The summed E-state index contributed by atoms with van der Waals surface area (Å²) in [6.07, 6.45) is 3.22. The number of rotatable bonds is 6. The highest BCUT2D eigenvalue weighted by Gasteiger charge is 2.09. The van der Waals surface area contributed by atoms with E-state index in [4.69, 9.17) is 9.47 Å². The molecular weight excluding hydrogens is 333 g/mol. The smallest absolute Gasteiger partial charge is 0.238 e. The summed E-state index contributed by atoms with van der Waals surface area (Å²) >= 11 is 0. The van der Waals surface area contributed by atoms with Gasteiger partial charge in [0.1, 0.15) is 11.6 Å². The van der Waals surface area contributed by atoms with Gasteiger partial charge in [0.25, 0.3) is 0 Å². The SMILES string of the molecule is CCO/C=N/c1cc(C)c(Oc2ccn(-c3ccc(F)cc3)n2)cc1C. The Morgan fingerprint density at radius 3 is 2.62 bits per heavy atom. The molecule has 26 heavy (non-hydrogen) atoms. The van der Waals surface area contributed by atoms with Gasteiger partial charge >= 0.3 is 0 Å². The van der Waals surface area contributed by atoms with Gasteiger partial charge in [0.05, 0.1) is 18.0 Å². The van der Waals surface area contributed by atoms with E-state index in [0.717, 1.165) is 22.5 Å². The van der Waals surface area contributed by atoms with Gasteiger partial charge in [-0.2, -0.15) is 0 Å². The Morgan fingerprint density at radius 2 is 1.88 bits per heavy atom. The molecule has 0 saturated heterocycles. The molecule has 0 N–H and O–H groups in total. The van der Waals surface area contributed by atoms with E-state index in [-0.39, 0.29) is 5.82 Å². The summed E-state index contributed by atoms with van der Waals surface area (Å²) in [6.45, 7) is 6.40. The molecule has 0 unspecified atom stereocenters. The number of hydrogen-bond acceptors (Lipinski definition) is 4. The highest BCUT2D eigenvalue weighted by Crippen LogP contribution is 2.31. The molecule has 0 aliphatic rings. The first-order valence-corrected chi connectivity index (χ1v) is 8.31. The lowest BCUT2D eigenvalue weighted by atomic mass is 10.1. The Morgan fingerprint density at radius 1 is 1.12 bits per heavy atom. The van der Waals surface area contributed by atoms with Crippen LogP contribution in [0.4, 0.5) is 10.1 Å². The number of halogens is 1. The monoisotopic (exact) mass is 353 g/mol. The van der Waals surface area contributed by atoms with Crippen LogP contribution in [0, 0.1) is 19.7 Å². The van der Waals surface area contributed by atoms with Crippen LogP contribution >= 0.6 is 0 Å². The van der Waals surface area contributed by atoms with Crippen molar-refractivity contribution in [3.05, 3.63) is 65.6 Å². The van der Waals surface area contributed by atoms with Crippen LogP contribution in [0.25, 0.3) is 5.69 Å². The fourth-order valence-electron chi connectivity index (χ4n) is 2.40. The predicted molar refractivity (Wildman–Crippen MR) is 99.3 cm³/mol. The van der Waals surface area contributed by atoms with Crippen LogP contribution in [0.2, 0.25) is 0 Å². The van der Waals surface area contributed by atoms with Crippen molar-refractivity contribution in [2.75, 3.05) is 6.61 Å². The van der Waals surface area contributed by atoms with Gasteiger partial charge in [-0.15, -0.1) is 5.10 Å². The molecule has 3 rings (SSSR count). The first-order valence-electron chi connectivity index (χ1n) is 8.31. The minimum atomic E-state index is -0.282. The van der Waals surface area contributed by atoms with Crippen molar-refractivity contribution in [2.24, 2.45) is 4.99 Å². The second-order valence-electron chi connectivity index (χ2n) is 5.77. The quantitative estimate of drug-likeness (QED) is 0.457. The zero-order valence-electron chi connectivity index (χ0n) is 14.9. The summed E-state index contributed by atoms with van der Waals surface area (Å²) in [5.41, 5.74) is 3.50. The summed E-state index contributed by atoms with van der Waals surface area (Å²) in [7, 11) is 0. The average Bonchev–Trinajstić information content (AvgIpc) is 3.08. The highest BCUT2D eigenvalue weighted by atomic mass is 19.1. The van der Waals surface area contributed by atoms with Crippen LogP contribution in [0.3, 0.4) is 0 Å². The number of nitrogens with zero attached hydrogens (tertiary/aromatic N) is 3. The topological polar surface area (TPSA) is 48.6 Å². The second-order valence-corrected chi connectivity index (χ2v) is 5.77. The normalized spacial score (nSPS) is 11.1. The predicted octanol–water partition coefficient (Wildman–Crippen LogP) is 5.12. The van der Waals surface area contributed by atoms with Gasteiger partial charge in [-0.3, -0.25) is 0 Å². The summed E-state index contributed by atoms with van der Waals surface area (Å²) in [5.74, 6) is 0.889. The van der Waals surface area contributed by atoms with E-state index in [0.29, 0.717) is 18.2 Å². The molecule has 0 aliphatic carbocycles. The van der Waals surface area contributed by atoms with Gasteiger partial charge in [0.15, 0.2) is 6.40 Å². The van der Waals surface area contributed by atoms with Crippen LogP contribution in [0.1, 0.15) is 18.1 Å². The van der Waals surface area contributed by atoms with Gasteiger partial charge in [0, 0.05) is 12.3 Å². The van der Waals surface area contributed by atoms with Gasteiger partial charge in [-0.1, -0.05) is 0 Å². The van der Waals surface area contributed by atoms with Crippen molar-refractivity contribution in [1.82, 2.24) is 9.78 Å².